The normalized spacial score (nSPS) is 11.5. The van der Waals surface area contributed by atoms with Gasteiger partial charge >= 0.3 is 0 Å². The molecule has 0 aliphatic heterocycles. The zero-order chi connectivity index (χ0) is 17.7. The molecule has 0 aliphatic carbocycles. The van der Waals surface area contributed by atoms with E-state index in [1.54, 1.807) is 12.3 Å². The number of benzene rings is 2. The van der Waals surface area contributed by atoms with Gasteiger partial charge in [-0.2, -0.15) is 0 Å². The van der Waals surface area contributed by atoms with Gasteiger partial charge in [-0.1, -0.05) is 0 Å². The SMILES string of the molecule is N=C(N)c1ccc2nc(Cc3nc4c(ccc5ncccc54)[nH]3)[nH]c2c1. The number of nitrogen functional groups attached to an aromatic ring is 1. The lowest BCUT2D eigenvalue weighted by molar-refractivity contribution is 0.960. The summed E-state index contributed by atoms with van der Waals surface area (Å²) in [5.74, 6) is 1.69. The first-order valence-corrected chi connectivity index (χ1v) is 8.23. The van der Waals surface area contributed by atoms with Crippen molar-refractivity contribution in [3.63, 3.8) is 0 Å². The molecule has 3 aromatic heterocycles. The number of nitrogens with two attached hydrogens (primary N) is 1. The zero-order valence-electron chi connectivity index (χ0n) is 13.7. The van der Waals surface area contributed by atoms with Crippen molar-refractivity contribution in [2.24, 2.45) is 5.73 Å². The molecule has 7 heteroatoms. The molecule has 126 valence electrons. The molecule has 0 saturated carbocycles. The summed E-state index contributed by atoms with van der Waals surface area (Å²) < 4.78 is 0. The lowest BCUT2D eigenvalue weighted by atomic mass is 10.2. The molecule has 0 atom stereocenters. The fourth-order valence-electron chi connectivity index (χ4n) is 3.23. The molecule has 2 aromatic carbocycles. The molecule has 5 aromatic rings. The van der Waals surface area contributed by atoms with Crippen LogP contribution in [0.25, 0.3) is 33.0 Å². The maximum absolute atomic E-state index is 7.55. The second-order valence-corrected chi connectivity index (χ2v) is 6.22. The largest absolute Gasteiger partial charge is 0.384 e. The lowest BCUT2D eigenvalue weighted by Gasteiger charge is -1.96. The van der Waals surface area contributed by atoms with Gasteiger partial charge in [0.05, 0.1) is 34.0 Å². The summed E-state index contributed by atoms with van der Waals surface area (Å²) in [6.07, 6.45) is 2.34. The molecule has 0 unspecified atom stereocenters. The van der Waals surface area contributed by atoms with Crippen molar-refractivity contribution < 1.29 is 0 Å². The molecule has 0 amide bonds. The van der Waals surface area contributed by atoms with E-state index in [9.17, 15) is 0 Å². The van der Waals surface area contributed by atoms with Crippen LogP contribution in [0.15, 0.2) is 48.7 Å². The fraction of sp³-hybridized carbons (Fsp3) is 0.0526. The Bertz CT molecular complexity index is 1300. The molecule has 0 aliphatic rings. The number of aromatic amines is 2. The third kappa shape index (κ3) is 2.29. The number of nitrogens with one attached hydrogen (secondary N) is 3. The predicted octanol–water partition coefficient (Wildman–Crippen LogP) is 2.86. The minimum absolute atomic E-state index is 0.0424. The quantitative estimate of drug-likeness (QED) is 0.298. The molecular formula is C19H15N7. The van der Waals surface area contributed by atoms with Crippen LogP contribution in [0.5, 0.6) is 0 Å². The molecule has 0 fully saturated rings. The molecule has 5 rings (SSSR count). The Balaban J connectivity index is 1.55. The van der Waals surface area contributed by atoms with Gasteiger partial charge in [-0.15, -0.1) is 0 Å². The molecule has 0 saturated heterocycles. The second kappa shape index (κ2) is 5.38. The number of hydrogen-bond acceptors (Lipinski definition) is 4. The van der Waals surface area contributed by atoms with E-state index in [-0.39, 0.29) is 5.84 Å². The summed E-state index contributed by atoms with van der Waals surface area (Å²) in [5, 5.41) is 8.58. The number of H-pyrrole nitrogens is 2. The third-order valence-electron chi connectivity index (χ3n) is 4.46. The number of rotatable bonds is 3. The number of amidine groups is 1. The first kappa shape index (κ1) is 14.6. The summed E-state index contributed by atoms with van der Waals surface area (Å²) in [7, 11) is 0. The number of imidazole rings is 2. The van der Waals surface area contributed by atoms with E-state index in [1.165, 1.54) is 0 Å². The highest BCUT2D eigenvalue weighted by Crippen LogP contribution is 2.23. The van der Waals surface area contributed by atoms with Gasteiger partial charge in [0.25, 0.3) is 0 Å². The van der Waals surface area contributed by atoms with E-state index in [2.05, 4.69) is 19.9 Å². The Morgan fingerprint density at radius 3 is 2.65 bits per heavy atom. The van der Waals surface area contributed by atoms with E-state index in [1.807, 2.05) is 36.4 Å². The average molecular weight is 341 g/mol. The van der Waals surface area contributed by atoms with Crippen LogP contribution in [0.1, 0.15) is 17.2 Å². The Morgan fingerprint density at radius 2 is 1.77 bits per heavy atom. The highest BCUT2D eigenvalue weighted by molar-refractivity contribution is 6.02. The molecular weight excluding hydrogens is 326 g/mol. The third-order valence-corrected chi connectivity index (χ3v) is 4.46. The molecule has 0 spiro atoms. The molecule has 3 heterocycles. The summed E-state index contributed by atoms with van der Waals surface area (Å²) in [4.78, 5) is 20.4. The maximum Gasteiger partial charge on any atom is 0.122 e. The Kier molecular flexibility index (Phi) is 3.02. The Hall–Kier alpha value is -3.74. The first-order chi connectivity index (χ1) is 12.7. The van der Waals surface area contributed by atoms with Gasteiger partial charge in [0.2, 0.25) is 0 Å². The summed E-state index contributed by atoms with van der Waals surface area (Å²) >= 11 is 0. The van der Waals surface area contributed by atoms with Gasteiger partial charge in [0.15, 0.2) is 0 Å². The number of pyridine rings is 1. The van der Waals surface area contributed by atoms with Crippen molar-refractivity contribution in [3.8, 4) is 0 Å². The smallest absolute Gasteiger partial charge is 0.122 e. The van der Waals surface area contributed by atoms with Crippen LogP contribution in [-0.4, -0.2) is 30.8 Å². The highest BCUT2D eigenvalue weighted by atomic mass is 15.0. The molecule has 0 bridgehead atoms. The van der Waals surface area contributed by atoms with Crippen molar-refractivity contribution in [1.82, 2.24) is 24.9 Å². The number of fused-ring (bicyclic) bond motifs is 4. The number of aromatic nitrogens is 5. The van der Waals surface area contributed by atoms with Crippen LogP contribution in [0, 0.1) is 5.41 Å². The van der Waals surface area contributed by atoms with Crippen LogP contribution < -0.4 is 5.73 Å². The zero-order valence-corrected chi connectivity index (χ0v) is 13.7. The van der Waals surface area contributed by atoms with Gasteiger partial charge in [0.1, 0.15) is 17.5 Å². The minimum Gasteiger partial charge on any atom is -0.384 e. The topological polar surface area (TPSA) is 120 Å². The second-order valence-electron chi connectivity index (χ2n) is 6.22. The van der Waals surface area contributed by atoms with Crippen LogP contribution in [0.2, 0.25) is 0 Å². The summed E-state index contributed by atoms with van der Waals surface area (Å²) in [5.41, 5.74) is 10.8. The Morgan fingerprint density at radius 1 is 0.962 bits per heavy atom. The van der Waals surface area contributed by atoms with Crippen LogP contribution in [-0.2, 0) is 6.42 Å². The monoisotopic (exact) mass is 341 g/mol. The standard InChI is InChI=1S/C19H15N7/c20-19(21)10-3-4-13-15(8-10)25-16(23-13)9-17-24-14-6-5-12-11(18(14)26-17)2-1-7-22-12/h1-8H,9H2,(H3,20,21)(H,23,25)(H,24,26). The van der Waals surface area contributed by atoms with Gasteiger partial charge in [-0.3, -0.25) is 10.4 Å². The van der Waals surface area contributed by atoms with Gasteiger partial charge in [-0.05, 0) is 42.5 Å². The van der Waals surface area contributed by atoms with E-state index in [0.29, 0.717) is 12.0 Å². The van der Waals surface area contributed by atoms with Crippen molar-refractivity contribution >= 4 is 38.8 Å². The minimum atomic E-state index is 0.0424. The van der Waals surface area contributed by atoms with E-state index < -0.39 is 0 Å². The van der Waals surface area contributed by atoms with E-state index in [4.69, 9.17) is 16.1 Å². The lowest BCUT2D eigenvalue weighted by Crippen LogP contribution is -2.10. The maximum atomic E-state index is 7.55. The van der Waals surface area contributed by atoms with E-state index in [0.717, 1.165) is 44.6 Å². The van der Waals surface area contributed by atoms with Crippen molar-refractivity contribution in [1.29, 1.82) is 5.41 Å². The fourth-order valence-corrected chi connectivity index (χ4v) is 3.23. The average Bonchev–Trinajstić information content (AvgIpc) is 3.24. The van der Waals surface area contributed by atoms with E-state index >= 15 is 0 Å². The van der Waals surface area contributed by atoms with Gasteiger partial charge < -0.3 is 15.7 Å². The molecule has 5 N–H and O–H groups in total. The summed E-state index contributed by atoms with van der Waals surface area (Å²) in [6.45, 7) is 0. The van der Waals surface area contributed by atoms with Crippen LogP contribution in [0.4, 0.5) is 0 Å². The first-order valence-electron chi connectivity index (χ1n) is 8.23. The van der Waals surface area contributed by atoms with Crippen LogP contribution in [0.3, 0.4) is 0 Å². The highest BCUT2D eigenvalue weighted by Gasteiger charge is 2.11. The van der Waals surface area contributed by atoms with Crippen molar-refractivity contribution in [2.45, 2.75) is 6.42 Å². The van der Waals surface area contributed by atoms with Crippen molar-refractivity contribution in [2.75, 3.05) is 0 Å². The Labute approximate surface area is 147 Å². The van der Waals surface area contributed by atoms with Crippen molar-refractivity contribution in [3.05, 3.63) is 65.9 Å². The summed E-state index contributed by atoms with van der Waals surface area (Å²) in [6, 6.07) is 13.4. The molecule has 0 radical (unpaired) electrons. The predicted molar refractivity (Wildman–Crippen MR) is 101 cm³/mol. The molecule has 26 heavy (non-hydrogen) atoms. The van der Waals surface area contributed by atoms with Gasteiger partial charge in [-0.25, -0.2) is 9.97 Å². The molecule has 7 nitrogen and oxygen atoms in total. The number of nitrogens with zero attached hydrogens (tertiary/aromatic N) is 3. The van der Waals surface area contributed by atoms with Crippen LogP contribution >= 0.6 is 0 Å². The number of hydrogen-bond donors (Lipinski definition) is 4. The van der Waals surface area contributed by atoms with Gasteiger partial charge in [0, 0.05) is 17.1 Å².